The van der Waals surface area contributed by atoms with Crippen molar-refractivity contribution in [2.24, 2.45) is 0 Å². The Bertz CT molecular complexity index is 618. The second kappa shape index (κ2) is 7.92. The van der Waals surface area contributed by atoms with Crippen molar-refractivity contribution in [2.45, 2.75) is 38.2 Å². The van der Waals surface area contributed by atoms with Gasteiger partial charge in [0.25, 0.3) is 0 Å². The van der Waals surface area contributed by atoms with Gasteiger partial charge in [0.05, 0.1) is 18.2 Å². The standard InChI is InChI=1S/C18H22N2O3/c21-18(13-16-8-4-5-11-22-16)19-10-9-15-12-17(23-20-15)14-6-2-1-3-7-14/h1-3,6-7,12,16H,4-5,8-11,13H2,(H,19,21). The van der Waals surface area contributed by atoms with E-state index in [1.165, 1.54) is 0 Å². The number of benzene rings is 1. The van der Waals surface area contributed by atoms with Crippen LogP contribution in [-0.2, 0) is 16.0 Å². The van der Waals surface area contributed by atoms with E-state index in [4.69, 9.17) is 9.26 Å². The number of nitrogens with one attached hydrogen (secondary N) is 1. The predicted molar refractivity (Wildman–Crippen MR) is 86.9 cm³/mol. The van der Waals surface area contributed by atoms with Gasteiger partial charge in [-0.2, -0.15) is 0 Å². The van der Waals surface area contributed by atoms with E-state index >= 15 is 0 Å². The normalized spacial score (nSPS) is 17.8. The van der Waals surface area contributed by atoms with Gasteiger partial charge in [0.15, 0.2) is 5.76 Å². The summed E-state index contributed by atoms with van der Waals surface area (Å²) >= 11 is 0. The third-order valence-corrected chi connectivity index (χ3v) is 4.01. The number of hydrogen-bond acceptors (Lipinski definition) is 4. The van der Waals surface area contributed by atoms with Crippen LogP contribution in [0.5, 0.6) is 0 Å². The van der Waals surface area contributed by atoms with Gasteiger partial charge < -0.3 is 14.6 Å². The van der Waals surface area contributed by atoms with Crippen molar-refractivity contribution >= 4 is 5.91 Å². The van der Waals surface area contributed by atoms with Crippen molar-refractivity contribution in [3.63, 3.8) is 0 Å². The summed E-state index contributed by atoms with van der Waals surface area (Å²) < 4.78 is 10.9. The fraction of sp³-hybridized carbons (Fsp3) is 0.444. The summed E-state index contributed by atoms with van der Waals surface area (Å²) in [7, 11) is 0. The molecule has 2 aromatic rings. The van der Waals surface area contributed by atoms with E-state index in [1.807, 2.05) is 36.4 Å². The molecule has 1 aromatic carbocycles. The Hall–Kier alpha value is -2.14. The fourth-order valence-electron chi connectivity index (χ4n) is 2.75. The molecule has 1 N–H and O–H groups in total. The number of hydrogen-bond donors (Lipinski definition) is 1. The molecule has 1 unspecified atom stereocenters. The molecule has 1 fully saturated rings. The molecule has 1 aliphatic rings. The van der Waals surface area contributed by atoms with Crippen molar-refractivity contribution in [3.8, 4) is 11.3 Å². The molecule has 5 heteroatoms. The maximum absolute atomic E-state index is 11.9. The SMILES string of the molecule is O=C(CC1CCCCO1)NCCc1cc(-c2ccccc2)on1. The van der Waals surface area contributed by atoms with Crippen LogP contribution in [0, 0.1) is 0 Å². The van der Waals surface area contributed by atoms with E-state index in [9.17, 15) is 4.79 Å². The lowest BCUT2D eigenvalue weighted by Crippen LogP contribution is -2.31. The third-order valence-electron chi connectivity index (χ3n) is 4.01. The lowest BCUT2D eigenvalue weighted by atomic mass is 10.1. The maximum atomic E-state index is 11.9. The maximum Gasteiger partial charge on any atom is 0.222 e. The molecule has 0 spiro atoms. The van der Waals surface area contributed by atoms with E-state index < -0.39 is 0 Å². The van der Waals surface area contributed by atoms with Gasteiger partial charge in [0, 0.05) is 31.2 Å². The fourth-order valence-corrected chi connectivity index (χ4v) is 2.75. The average molecular weight is 314 g/mol. The van der Waals surface area contributed by atoms with Gasteiger partial charge in [-0.1, -0.05) is 35.5 Å². The monoisotopic (exact) mass is 314 g/mol. The number of nitrogens with zero attached hydrogens (tertiary/aromatic N) is 1. The van der Waals surface area contributed by atoms with Crippen molar-refractivity contribution in [3.05, 3.63) is 42.1 Å². The zero-order chi connectivity index (χ0) is 15.9. The number of rotatable bonds is 6. The number of carbonyl (C=O) groups excluding carboxylic acids is 1. The molecular weight excluding hydrogens is 292 g/mol. The highest BCUT2D eigenvalue weighted by atomic mass is 16.5. The third kappa shape index (κ3) is 4.66. The Morgan fingerprint density at radius 1 is 1.26 bits per heavy atom. The Morgan fingerprint density at radius 3 is 2.91 bits per heavy atom. The molecule has 5 nitrogen and oxygen atoms in total. The molecule has 23 heavy (non-hydrogen) atoms. The largest absolute Gasteiger partial charge is 0.378 e. The summed E-state index contributed by atoms with van der Waals surface area (Å²) in [5.74, 6) is 0.797. The van der Waals surface area contributed by atoms with Gasteiger partial charge in [-0.3, -0.25) is 4.79 Å². The summed E-state index contributed by atoms with van der Waals surface area (Å²) in [6, 6.07) is 11.8. The average Bonchev–Trinajstić information content (AvgIpc) is 3.05. The van der Waals surface area contributed by atoms with E-state index in [2.05, 4.69) is 10.5 Å². The predicted octanol–water partition coefficient (Wildman–Crippen LogP) is 2.96. The van der Waals surface area contributed by atoms with Crippen LogP contribution < -0.4 is 5.32 Å². The van der Waals surface area contributed by atoms with Crippen molar-refractivity contribution < 1.29 is 14.1 Å². The summed E-state index contributed by atoms with van der Waals surface area (Å²) in [5.41, 5.74) is 1.85. The van der Waals surface area contributed by atoms with Crippen LogP contribution in [0.15, 0.2) is 40.9 Å². The lowest BCUT2D eigenvalue weighted by molar-refractivity contribution is -0.124. The van der Waals surface area contributed by atoms with Crippen LogP contribution in [0.4, 0.5) is 0 Å². The zero-order valence-electron chi connectivity index (χ0n) is 13.2. The minimum absolute atomic E-state index is 0.0451. The molecule has 1 atom stereocenters. The highest BCUT2D eigenvalue weighted by Crippen LogP contribution is 2.19. The smallest absolute Gasteiger partial charge is 0.222 e. The van der Waals surface area contributed by atoms with Crippen molar-refractivity contribution in [2.75, 3.05) is 13.2 Å². The summed E-state index contributed by atoms with van der Waals surface area (Å²) in [4.78, 5) is 11.9. The molecule has 0 aliphatic carbocycles. The minimum Gasteiger partial charge on any atom is -0.378 e. The first-order valence-electron chi connectivity index (χ1n) is 8.20. The van der Waals surface area contributed by atoms with Crippen molar-refractivity contribution in [1.82, 2.24) is 10.5 Å². The Labute approximate surface area is 136 Å². The molecule has 1 amide bonds. The van der Waals surface area contributed by atoms with Gasteiger partial charge in [-0.15, -0.1) is 0 Å². The molecule has 3 rings (SSSR count). The van der Waals surface area contributed by atoms with Crippen LogP contribution >= 0.6 is 0 Å². The van der Waals surface area contributed by atoms with E-state index in [-0.39, 0.29) is 12.0 Å². The molecule has 0 radical (unpaired) electrons. The van der Waals surface area contributed by atoms with Crippen LogP contribution in [0.25, 0.3) is 11.3 Å². The lowest BCUT2D eigenvalue weighted by Gasteiger charge is -2.21. The first-order chi connectivity index (χ1) is 11.3. The summed E-state index contributed by atoms with van der Waals surface area (Å²) in [6.07, 6.45) is 4.44. The van der Waals surface area contributed by atoms with Crippen LogP contribution in [0.3, 0.4) is 0 Å². The zero-order valence-corrected chi connectivity index (χ0v) is 13.2. The van der Waals surface area contributed by atoms with E-state index in [1.54, 1.807) is 0 Å². The van der Waals surface area contributed by atoms with Gasteiger partial charge in [0.1, 0.15) is 0 Å². The van der Waals surface area contributed by atoms with Gasteiger partial charge in [-0.25, -0.2) is 0 Å². The first kappa shape index (κ1) is 15.7. The Kier molecular flexibility index (Phi) is 5.42. The topological polar surface area (TPSA) is 64.4 Å². The molecule has 1 aliphatic heterocycles. The molecule has 2 heterocycles. The molecule has 1 saturated heterocycles. The molecule has 122 valence electrons. The number of ether oxygens (including phenoxy) is 1. The number of amides is 1. The first-order valence-corrected chi connectivity index (χ1v) is 8.20. The van der Waals surface area contributed by atoms with Crippen LogP contribution in [-0.4, -0.2) is 30.3 Å². The minimum atomic E-state index is 0.0451. The Balaban J connectivity index is 1.42. The van der Waals surface area contributed by atoms with Gasteiger partial charge in [0.2, 0.25) is 5.91 Å². The highest BCUT2D eigenvalue weighted by molar-refractivity contribution is 5.76. The Morgan fingerprint density at radius 2 is 2.13 bits per heavy atom. The van der Waals surface area contributed by atoms with Gasteiger partial charge in [-0.05, 0) is 19.3 Å². The van der Waals surface area contributed by atoms with Crippen molar-refractivity contribution in [1.29, 1.82) is 0 Å². The van der Waals surface area contributed by atoms with E-state index in [0.29, 0.717) is 19.4 Å². The van der Waals surface area contributed by atoms with Crippen LogP contribution in [0.2, 0.25) is 0 Å². The molecule has 0 bridgehead atoms. The molecule has 0 saturated carbocycles. The molecule has 1 aromatic heterocycles. The second-order valence-corrected chi connectivity index (χ2v) is 5.84. The summed E-state index contributed by atoms with van der Waals surface area (Å²) in [5, 5.41) is 6.98. The number of carbonyl (C=O) groups is 1. The van der Waals surface area contributed by atoms with Crippen LogP contribution in [0.1, 0.15) is 31.4 Å². The second-order valence-electron chi connectivity index (χ2n) is 5.84. The quantitative estimate of drug-likeness (QED) is 0.890. The number of aromatic nitrogens is 1. The van der Waals surface area contributed by atoms with E-state index in [0.717, 1.165) is 42.9 Å². The highest BCUT2D eigenvalue weighted by Gasteiger charge is 2.17. The molecular formula is C18H22N2O3. The summed E-state index contributed by atoms with van der Waals surface area (Å²) in [6.45, 7) is 1.34. The van der Waals surface area contributed by atoms with Gasteiger partial charge >= 0.3 is 0 Å².